The van der Waals surface area contributed by atoms with Crippen LogP contribution in [0.5, 0.6) is 0 Å². The van der Waals surface area contributed by atoms with E-state index >= 15 is 0 Å². The van der Waals surface area contributed by atoms with Crippen molar-refractivity contribution in [3.05, 3.63) is 94.9 Å². The number of rotatable bonds is 6. The average molecular weight is 525 g/mol. The van der Waals surface area contributed by atoms with Crippen LogP contribution in [0.1, 0.15) is 11.1 Å². The van der Waals surface area contributed by atoms with Gasteiger partial charge in [0, 0.05) is 33.4 Å². The number of carbonyl (C=O) groups excluding carboxylic acids is 1. The quantitative estimate of drug-likeness (QED) is 0.311. The molecule has 0 aliphatic heterocycles. The van der Waals surface area contributed by atoms with Gasteiger partial charge in [-0.3, -0.25) is 4.79 Å². The third-order valence-corrected chi connectivity index (χ3v) is 7.29. The summed E-state index contributed by atoms with van der Waals surface area (Å²) in [4.78, 5) is 12.5. The van der Waals surface area contributed by atoms with Gasteiger partial charge in [-0.05, 0) is 36.4 Å². The molecular formula is C24H17ClF4N2O3S. The molecule has 35 heavy (non-hydrogen) atoms. The van der Waals surface area contributed by atoms with Crippen molar-refractivity contribution in [1.82, 2.24) is 4.57 Å². The van der Waals surface area contributed by atoms with Gasteiger partial charge in [0.05, 0.1) is 16.2 Å². The Morgan fingerprint density at radius 1 is 1.00 bits per heavy atom. The molecule has 0 atom stereocenters. The molecule has 4 aromatic rings. The lowest BCUT2D eigenvalue weighted by atomic mass is 10.2. The highest BCUT2D eigenvalue weighted by Crippen LogP contribution is 2.32. The van der Waals surface area contributed by atoms with E-state index in [4.69, 9.17) is 11.6 Å². The Hall–Kier alpha value is -3.37. The van der Waals surface area contributed by atoms with E-state index in [1.807, 2.05) is 0 Å². The third kappa shape index (κ3) is 5.33. The van der Waals surface area contributed by atoms with E-state index in [2.05, 4.69) is 5.32 Å². The highest BCUT2D eigenvalue weighted by atomic mass is 35.5. The average Bonchev–Trinajstić information content (AvgIpc) is 3.15. The maximum atomic E-state index is 14.2. The van der Waals surface area contributed by atoms with Crippen molar-refractivity contribution in [2.45, 2.75) is 23.4 Å². The van der Waals surface area contributed by atoms with Crippen LogP contribution in [0.4, 0.5) is 23.2 Å². The van der Waals surface area contributed by atoms with Crippen molar-refractivity contribution in [3.63, 3.8) is 0 Å². The number of halogens is 5. The molecule has 0 fully saturated rings. The second-order valence-electron chi connectivity index (χ2n) is 7.72. The highest BCUT2D eigenvalue weighted by molar-refractivity contribution is 7.90. The van der Waals surface area contributed by atoms with Gasteiger partial charge >= 0.3 is 6.18 Å². The van der Waals surface area contributed by atoms with Gasteiger partial charge in [0.1, 0.15) is 12.4 Å². The van der Waals surface area contributed by atoms with E-state index in [-0.39, 0.29) is 27.7 Å². The number of aromatic nitrogens is 1. The molecule has 4 rings (SSSR count). The minimum absolute atomic E-state index is 0.0298. The van der Waals surface area contributed by atoms with Crippen LogP contribution in [-0.2, 0) is 33.1 Å². The molecule has 1 amide bonds. The Kier molecular flexibility index (Phi) is 6.61. The maximum Gasteiger partial charge on any atom is 0.416 e. The number of nitrogens with one attached hydrogen (secondary N) is 1. The second-order valence-corrected chi connectivity index (χ2v) is 10.1. The number of carbonyl (C=O) groups is 1. The number of sulfone groups is 1. The zero-order valence-electron chi connectivity index (χ0n) is 17.8. The fourth-order valence-corrected chi connectivity index (χ4v) is 5.59. The van der Waals surface area contributed by atoms with Gasteiger partial charge in [-0.15, -0.1) is 0 Å². The van der Waals surface area contributed by atoms with Crippen LogP contribution in [0.3, 0.4) is 0 Å². The number of para-hydroxylation sites is 1. The van der Waals surface area contributed by atoms with E-state index in [1.54, 1.807) is 24.3 Å². The Morgan fingerprint density at radius 2 is 1.71 bits per heavy atom. The molecule has 0 radical (unpaired) electrons. The molecule has 0 saturated carbocycles. The van der Waals surface area contributed by atoms with Crippen LogP contribution in [0, 0.1) is 5.82 Å². The molecule has 1 N–H and O–H groups in total. The molecule has 0 saturated heterocycles. The van der Waals surface area contributed by atoms with Crippen molar-refractivity contribution in [2.75, 3.05) is 5.32 Å². The largest absolute Gasteiger partial charge is 0.416 e. The molecule has 182 valence electrons. The standard InChI is InChI=1S/C24H17ClF4N2O3S/c25-19-8-4-9-20(26)18(19)14-35(33,34)22-12-31(21-10-2-1-7-17(21)22)13-23(32)30-16-6-3-5-15(11-16)24(27,28)29/h1-12H,13-14H2,(H,30,32). The van der Waals surface area contributed by atoms with Crippen molar-refractivity contribution in [2.24, 2.45) is 0 Å². The van der Waals surface area contributed by atoms with E-state index < -0.39 is 39.1 Å². The van der Waals surface area contributed by atoms with E-state index in [0.29, 0.717) is 10.9 Å². The van der Waals surface area contributed by atoms with Crippen molar-refractivity contribution in [1.29, 1.82) is 0 Å². The number of hydrogen-bond acceptors (Lipinski definition) is 3. The van der Waals surface area contributed by atoms with Crippen LogP contribution in [-0.4, -0.2) is 18.9 Å². The van der Waals surface area contributed by atoms with Crippen LogP contribution < -0.4 is 5.32 Å². The van der Waals surface area contributed by atoms with Crippen LogP contribution in [0.15, 0.2) is 77.8 Å². The SMILES string of the molecule is O=C(Cn1cc(S(=O)(=O)Cc2c(F)cccc2Cl)c2ccccc21)Nc1cccc(C(F)(F)F)c1. The summed E-state index contributed by atoms with van der Waals surface area (Å²) in [5.41, 5.74) is -0.733. The number of anilines is 1. The number of hydrogen-bond donors (Lipinski definition) is 1. The summed E-state index contributed by atoms with van der Waals surface area (Å²) in [6, 6.07) is 14.4. The molecule has 0 spiro atoms. The van der Waals surface area contributed by atoms with Crippen LogP contribution in [0.2, 0.25) is 5.02 Å². The minimum Gasteiger partial charge on any atom is -0.337 e. The topological polar surface area (TPSA) is 68.2 Å². The van der Waals surface area contributed by atoms with Crippen molar-refractivity contribution in [3.8, 4) is 0 Å². The summed E-state index contributed by atoms with van der Waals surface area (Å²) in [5.74, 6) is -2.11. The molecular weight excluding hydrogens is 508 g/mol. The van der Waals surface area contributed by atoms with Gasteiger partial charge in [0.15, 0.2) is 9.84 Å². The van der Waals surface area contributed by atoms with Gasteiger partial charge < -0.3 is 9.88 Å². The third-order valence-electron chi connectivity index (χ3n) is 5.27. The normalized spacial score (nSPS) is 12.1. The van der Waals surface area contributed by atoms with Gasteiger partial charge in [-0.25, -0.2) is 12.8 Å². The van der Waals surface area contributed by atoms with Gasteiger partial charge in [-0.2, -0.15) is 13.2 Å². The molecule has 11 heteroatoms. The Bertz CT molecular complexity index is 1510. The van der Waals surface area contributed by atoms with Crippen LogP contribution >= 0.6 is 11.6 Å². The minimum atomic E-state index is -4.57. The molecule has 0 aliphatic rings. The van der Waals surface area contributed by atoms with Crippen molar-refractivity contribution < 1.29 is 30.8 Å². The zero-order chi connectivity index (χ0) is 25.4. The fraction of sp³-hybridized carbons (Fsp3) is 0.125. The van der Waals surface area contributed by atoms with E-state index in [9.17, 15) is 30.8 Å². The second kappa shape index (κ2) is 9.35. The molecule has 1 heterocycles. The summed E-state index contributed by atoms with van der Waals surface area (Å²) >= 11 is 6.00. The Morgan fingerprint density at radius 3 is 2.43 bits per heavy atom. The fourth-order valence-electron chi connectivity index (χ4n) is 3.66. The zero-order valence-corrected chi connectivity index (χ0v) is 19.4. The first kappa shape index (κ1) is 24.7. The van der Waals surface area contributed by atoms with Gasteiger partial charge in [-0.1, -0.05) is 41.9 Å². The van der Waals surface area contributed by atoms with Crippen molar-refractivity contribution >= 4 is 43.9 Å². The molecule has 5 nitrogen and oxygen atoms in total. The highest BCUT2D eigenvalue weighted by Gasteiger charge is 2.30. The monoisotopic (exact) mass is 524 g/mol. The molecule has 0 unspecified atom stereocenters. The Balaban J connectivity index is 1.64. The maximum absolute atomic E-state index is 14.2. The van der Waals surface area contributed by atoms with E-state index in [0.717, 1.165) is 18.2 Å². The lowest BCUT2D eigenvalue weighted by molar-refractivity contribution is -0.137. The molecule has 3 aromatic carbocycles. The van der Waals surface area contributed by atoms with Crippen LogP contribution in [0.25, 0.3) is 10.9 Å². The number of alkyl halides is 3. The Labute approximate surface area is 202 Å². The first-order valence-corrected chi connectivity index (χ1v) is 12.2. The summed E-state index contributed by atoms with van der Waals surface area (Å²) in [7, 11) is -4.08. The molecule has 0 bridgehead atoms. The first-order valence-electron chi connectivity index (χ1n) is 10.2. The number of fused-ring (bicyclic) bond motifs is 1. The lowest BCUT2D eigenvalue weighted by Crippen LogP contribution is -2.18. The first-order chi connectivity index (χ1) is 16.5. The molecule has 1 aromatic heterocycles. The smallest absolute Gasteiger partial charge is 0.337 e. The van der Waals surface area contributed by atoms with Gasteiger partial charge in [0.25, 0.3) is 0 Å². The summed E-state index contributed by atoms with van der Waals surface area (Å²) in [6.07, 6.45) is -3.32. The molecule has 0 aliphatic carbocycles. The van der Waals surface area contributed by atoms with E-state index in [1.165, 1.54) is 35.0 Å². The predicted molar refractivity (Wildman–Crippen MR) is 124 cm³/mol. The summed E-state index contributed by atoms with van der Waals surface area (Å²) in [6.45, 7) is -0.368. The predicted octanol–water partition coefficient (Wildman–Crippen LogP) is 6.07. The summed E-state index contributed by atoms with van der Waals surface area (Å²) < 4.78 is 80.8. The number of benzene rings is 3. The summed E-state index contributed by atoms with van der Waals surface area (Å²) in [5, 5.41) is 2.68. The lowest BCUT2D eigenvalue weighted by Gasteiger charge is -2.10. The number of nitrogens with zero attached hydrogens (tertiary/aromatic N) is 1. The number of amides is 1. The van der Waals surface area contributed by atoms with Gasteiger partial charge in [0.2, 0.25) is 5.91 Å².